The molecule has 25 heavy (non-hydrogen) atoms. The van der Waals surface area contributed by atoms with E-state index in [9.17, 15) is 13.2 Å². The first-order valence-electron chi connectivity index (χ1n) is 7.74. The number of nitrogens with one attached hydrogen (secondary N) is 1. The highest BCUT2D eigenvalue weighted by Gasteiger charge is 2.26. The average Bonchev–Trinajstić information content (AvgIpc) is 2.56. The quantitative estimate of drug-likeness (QED) is 0.770. The van der Waals surface area contributed by atoms with E-state index in [0.717, 1.165) is 10.9 Å². The standard InChI is InChI=1S/C17H16BrClN2O3S/c18-12-3-5-13(6-4-12)20-17(22)15-8-7-14(11-16(15)19)21-9-1-2-10-25(21,23)24/h3-8,11H,1-2,9-10H2,(H,20,22). The van der Waals surface area contributed by atoms with Crippen molar-refractivity contribution < 1.29 is 13.2 Å². The molecule has 1 heterocycles. The smallest absolute Gasteiger partial charge is 0.257 e. The Balaban J connectivity index is 1.82. The Bertz CT molecular complexity index is 901. The van der Waals surface area contributed by atoms with Crippen LogP contribution in [0.15, 0.2) is 46.9 Å². The van der Waals surface area contributed by atoms with Crippen LogP contribution in [-0.4, -0.2) is 26.6 Å². The lowest BCUT2D eigenvalue weighted by molar-refractivity contribution is 0.102. The number of carbonyl (C=O) groups excluding carboxylic acids is 1. The summed E-state index contributed by atoms with van der Waals surface area (Å²) in [4.78, 5) is 12.4. The van der Waals surface area contributed by atoms with Gasteiger partial charge in [0, 0.05) is 16.7 Å². The molecule has 0 unspecified atom stereocenters. The Morgan fingerprint density at radius 3 is 2.48 bits per heavy atom. The SMILES string of the molecule is O=C(Nc1ccc(Br)cc1)c1ccc(N2CCCCS2(=O)=O)cc1Cl. The summed E-state index contributed by atoms with van der Waals surface area (Å²) >= 11 is 9.57. The van der Waals surface area contributed by atoms with Crippen LogP contribution in [0.4, 0.5) is 11.4 Å². The Hall–Kier alpha value is -1.57. The van der Waals surface area contributed by atoms with E-state index < -0.39 is 10.0 Å². The highest BCUT2D eigenvalue weighted by Crippen LogP contribution is 2.29. The van der Waals surface area contributed by atoms with E-state index in [4.69, 9.17) is 11.6 Å². The molecule has 0 bridgehead atoms. The molecule has 2 aromatic carbocycles. The summed E-state index contributed by atoms with van der Waals surface area (Å²) < 4.78 is 26.6. The van der Waals surface area contributed by atoms with Crippen molar-refractivity contribution in [2.45, 2.75) is 12.8 Å². The van der Waals surface area contributed by atoms with Crippen LogP contribution in [-0.2, 0) is 10.0 Å². The fourth-order valence-corrected chi connectivity index (χ4v) is 4.81. The summed E-state index contributed by atoms with van der Waals surface area (Å²) in [7, 11) is -3.31. The van der Waals surface area contributed by atoms with E-state index in [1.807, 2.05) is 12.1 Å². The predicted octanol–water partition coefficient (Wildman–Crippen LogP) is 4.28. The number of hydrogen-bond donors (Lipinski definition) is 1. The monoisotopic (exact) mass is 442 g/mol. The second-order valence-electron chi connectivity index (χ2n) is 5.72. The first kappa shape index (κ1) is 18.2. The zero-order valence-corrected chi connectivity index (χ0v) is 16.4. The van der Waals surface area contributed by atoms with E-state index in [1.165, 1.54) is 10.4 Å². The third-order valence-corrected chi connectivity index (χ3v) is 6.65. The van der Waals surface area contributed by atoms with E-state index in [0.29, 0.717) is 29.9 Å². The second-order valence-corrected chi connectivity index (χ2v) is 9.06. The van der Waals surface area contributed by atoms with Crippen LogP contribution < -0.4 is 9.62 Å². The normalized spacial score (nSPS) is 16.5. The zero-order valence-electron chi connectivity index (χ0n) is 13.2. The Kier molecular flexibility index (Phi) is 5.36. The largest absolute Gasteiger partial charge is 0.322 e. The van der Waals surface area contributed by atoms with Crippen LogP contribution in [0.1, 0.15) is 23.2 Å². The van der Waals surface area contributed by atoms with E-state index in [1.54, 1.807) is 24.3 Å². The fourth-order valence-electron chi connectivity index (χ4n) is 2.65. The highest BCUT2D eigenvalue weighted by molar-refractivity contribution is 9.10. The number of hydrogen-bond acceptors (Lipinski definition) is 3. The molecule has 1 fully saturated rings. The third kappa shape index (κ3) is 4.16. The van der Waals surface area contributed by atoms with Gasteiger partial charge in [-0.05, 0) is 55.3 Å². The third-order valence-electron chi connectivity index (χ3n) is 3.94. The number of nitrogens with zero attached hydrogens (tertiary/aromatic N) is 1. The van der Waals surface area contributed by atoms with Gasteiger partial charge >= 0.3 is 0 Å². The molecule has 2 aromatic rings. The lowest BCUT2D eigenvalue weighted by atomic mass is 10.1. The van der Waals surface area contributed by atoms with Gasteiger partial charge in [0.1, 0.15) is 0 Å². The Morgan fingerprint density at radius 2 is 1.84 bits per heavy atom. The molecular formula is C17H16BrClN2O3S. The van der Waals surface area contributed by atoms with Crippen molar-refractivity contribution in [2.75, 3.05) is 21.9 Å². The molecule has 5 nitrogen and oxygen atoms in total. The number of benzene rings is 2. The molecule has 3 rings (SSSR count). The van der Waals surface area contributed by atoms with Crippen molar-refractivity contribution in [3.8, 4) is 0 Å². The Labute approximate surface area is 160 Å². The minimum Gasteiger partial charge on any atom is -0.322 e. The van der Waals surface area contributed by atoms with Gasteiger partial charge in [-0.25, -0.2) is 8.42 Å². The molecule has 1 aliphatic rings. The molecule has 0 atom stereocenters. The van der Waals surface area contributed by atoms with Crippen molar-refractivity contribution >= 4 is 54.8 Å². The number of anilines is 2. The summed E-state index contributed by atoms with van der Waals surface area (Å²) in [6.07, 6.45) is 1.48. The molecule has 8 heteroatoms. The molecule has 132 valence electrons. The zero-order chi connectivity index (χ0) is 18.0. The van der Waals surface area contributed by atoms with Gasteiger partial charge in [0.05, 0.1) is 22.0 Å². The molecule has 1 saturated heterocycles. The average molecular weight is 444 g/mol. The maximum absolute atomic E-state index is 12.4. The van der Waals surface area contributed by atoms with Gasteiger partial charge in [-0.2, -0.15) is 0 Å². The van der Waals surface area contributed by atoms with E-state index in [-0.39, 0.29) is 16.7 Å². The molecule has 0 spiro atoms. The van der Waals surface area contributed by atoms with Gasteiger partial charge in [-0.1, -0.05) is 27.5 Å². The van der Waals surface area contributed by atoms with Crippen LogP contribution in [0, 0.1) is 0 Å². The molecule has 0 saturated carbocycles. The summed E-state index contributed by atoms with van der Waals surface area (Å²) in [6, 6.07) is 11.9. The molecule has 0 aromatic heterocycles. The molecule has 1 amide bonds. The Morgan fingerprint density at radius 1 is 1.12 bits per heavy atom. The van der Waals surface area contributed by atoms with Crippen LogP contribution in [0.25, 0.3) is 0 Å². The van der Waals surface area contributed by atoms with Crippen LogP contribution >= 0.6 is 27.5 Å². The minimum atomic E-state index is -3.31. The summed E-state index contributed by atoms with van der Waals surface area (Å²) in [6.45, 7) is 0.434. The lowest BCUT2D eigenvalue weighted by Gasteiger charge is -2.28. The van der Waals surface area contributed by atoms with Crippen molar-refractivity contribution in [3.63, 3.8) is 0 Å². The number of halogens is 2. The van der Waals surface area contributed by atoms with Gasteiger partial charge in [0.2, 0.25) is 10.0 Å². The van der Waals surface area contributed by atoms with Gasteiger partial charge in [0.25, 0.3) is 5.91 Å². The lowest BCUT2D eigenvalue weighted by Crippen LogP contribution is -2.37. The highest BCUT2D eigenvalue weighted by atomic mass is 79.9. The first-order chi connectivity index (χ1) is 11.9. The van der Waals surface area contributed by atoms with Crippen molar-refractivity contribution in [2.24, 2.45) is 0 Å². The van der Waals surface area contributed by atoms with Crippen LogP contribution in [0.2, 0.25) is 5.02 Å². The molecule has 1 aliphatic heterocycles. The van der Waals surface area contributed by atoms with Gasteiger partial charge in [0.15, 0.2) is 0 Å². The maximum Gasteiger partial charge on any atom is 0.257 e. The van der Waals surface area contributed by atoms with Crippen molar-refractivity contribution in [3.05, 3.63) is 57.5 Å². The summed E-state index contributed by atoms with van der Waals surface area (Å²) in [5.74, 6) is -0.212. The number of sulfonamides is 1. The summed E-state index contributed by atoms with van der Waals surface area (Å²) in [5, 5.41) is 2.98. The molecule has 0 aliphatic carbocycles. The van der Waals surface area contributed by atoms with Gasteiger partial charge in [-0.3, -0.25) is 9.10 Å². The van der Waals surface area contributed by atoms with Gasteiger partial charge < -0.3 is 5.32 Å². The second kappa shape index (κ2) is 7.35. The van der Waals surface area contributed by atoms with Crippen LogP contribution in [0.5, 0.6) is 0 Å². The van der Waals surface area contributed by atoms with Crippen molar-refractivity contribution in [1.29, 1.82) is 0 Å². The molecule has 1 N–H and O–H groups in total. The number of amides is 1. The first-order valence-corrected chi connectivity index (χ1v) is 10.5. The van der Waals surface area contributed by atoms with Crippen molar-refractivity contribution in [1.82, 2.24) is 0 Å². The van der Waals surface area contributed by atoms with E-state index >= 15 is 0 Å². The van der Waals surface area contributed by atoms with Gasteiger partial charge in [-0.15, -0.1) is 0 Å². The predicted molar refractivity (Wildman–Crippen MR) is 104 cm³/mol. The topological polar surface area (TPSA) is 66.5 Å². The minimum absolute atomic E-state index is 0.135. The molecule has 0 radical (unpaired) electrons. The van der Waals surface area contributed by atoms with E-state index in [2.05, 4.69) is 21.2 Å². The number of carbonyl (C=O) groups is 1. The summed E-state index contributed by atoms with van der Waals surface area (Å²) in [5.41, 5.74) is 1.43. The fraction of sp³-hybridized carbons (Fsp3) is 0.235. The number of rotatable bonds is 3. The maximum atomic E-state index is 12.4. The molecular weight excluding hydrogens is 428 g/mol. The van der Waals surface area contributed by atoms with Crippen LogP contribution in [0.3, 0.4) is 0 Å².